The lowest BCUT2D eigenvalue weighted by Crippen LogP contribution is -2.38. The van der Waals surface area contributed by atoms with Crippen molar-refractivity contribution in [1.82, 2.24) is 14.9 Å². The smallest absolute Gasteiger partial charge is 0.129 e. The fourth-order valence-electron chi connectivity index (χ4n) is 3.52. The minimum Gasteiger partial charge on any atom is -0.370 e. The van der Waals surface area contributed by atoms with Crippen LogP contribution >= 0.6 is 11.3 Å². The monoisotopic (exact) mass is 330 g/mol. The molecule has 0 saturated carbocycles. The lowest BCUT2D eigenvalue weighted by atomic mass is 9.88. The maximum atomic E-state index is 4.54. The summed E-state index contributed by atoms with van der Waals surface area (Å²) < 4.78 is 0. The highest BCUT2D eigenvalue weighted by Gasteiger charge is 2.31. The number of hydrogen-bond acceptors (Lipinski definition) is 5. The van der Waals surface area contributed by atoms with Crippen LogP contribution in [0, 0.1) is 12.8 Å². The second kappa shape index (κ2) is 7.41. The molecule has 1 aliphatic heterocycles. The van der Waals surface area contributed by atoms with Crippen molar-refractivity contribution in [2.24, 2.45) is 5.92 Å². The van der Waals surface area contributed by atoms with Crippen LogP contribution in [-0.4, -0.2) is 35.0 Å². The fourth-order valence-corrected chi connectivity index (χ4v) is 4.50. The summed E-state index contributed by atoms with van der Waals surface area (Å²) in [5.41, 5.74) is 1.11. The standard InChI is InChI=1S/C18H26N4S/c1-4-15-11-17(21-13(2)20-15)19-12-14-7-5-9-22(3)18(14)16-8-6-10-23-16/h6,8,10-11,14,18H,4-5,7,9,12H2,1-3H3,(H,19,20,21). The van der Waals surface area contributed by atoms with E-state index in [1.807, 2.05) is 18.3 Å². The molecule has 0 radical (unpaired) electrons. The molecular formula is C18H26N4S. The second-order valence-corrected chi connectivity index (χ2v) is 7.35. The van der Waals surface area contributed by atoms with Crippen molar-refractivity contribution < 1.29 is 0 Å². The first-order valence-electron chi connectivity index (χ1n) is 8.49. The minimum absolute atomic E-state index is 0.518. The molecule has 0 spiro atoms. The molecule has 1 aliphatic rings. The third-order valence-corrected chi connectivity index (χ3v) is 5.58. The average Bonchev–Trinajstić information content (AvgIpc) is 3.06. The molecule has 2 aromatic rings. The number of aryl methyl sites for hydroxylation is 2. The van der Waals surface area contributed by atoms with E-state index in [0.717, 1.165) is 30.3 Å². The van der Waals surface area contributed by atoms with Crippen molar-refractivity contribution in [2.75, 3.05) is 25.5 Å². The third kappa shape index (κ3) is 3.90. The first-order chi connectivity index (χ1) is 11.2. The van der Waals surface area contributed by atoms with Crippen LogP contribution in [0.2, 0.25) is 0 Å². The fraction of sp³-hybridized carbons (Fsp3) is 0.556. The van der Waals surface area contributed by atoms with Crippen LogP contribution in [0.1, 0.15) is 42.2 Å². The first kappa shape index (κ1) is 16.4. The van der Waals surface area contributed by atoms with E-state index >= 15 is 0 Å². The van der Waals surface area contributed by atoms with E-state index in [1.54, 1.807) is 0 Å². The molecule has 0 bridgehead atoms. The van der Waals surface area contributed by atoms with Gasteiger partial charge in [0.2, 0.25) is 0 Å². The molecule has 5 heteroatoms. The molecule has 1 fully saturated rings. The molecule has 0 aliphatic carbocycles. The van der Waals surface area contributed by atoms with E-state index in [4.69, 9.17) is 0 Å². The summed E-state index contributed by atoms with van der Waals surface area (Å²) in [5, 5.41) is 5.75. The molecule has 1 saturated heterocycles. The molecule has 4 nitrogen and oxygen atoms in total. The highest BCUT2D eigenvalue weighted by atomic mass is 32.1. The van der Waals surface area contributed by atoms with E-state index in [9.17, 15) is 0 Å². The zero-order valence-corrected chi connectivity index (χ0v) is 15.1. The zero-order valence-electron chi connectivity index (χ0n) is 14.2. The number of nitrogens with one attached hydrogen (secondary N) is 1. The summed E-state index contributed by atoms with van der Waals surface area (Å²) >= 11 is 1.87. The molecule has 124 valence electrons. The molecule has 2 atom stereocenters. The lowest BCUT2D eigenvalue weighted by molar-refractivity contribution is 0.130. The molecule has 23 heavy (non-hydrogen) atoms. The Bertz CT molecular complexity index is 626. The Morgan fingerprint density at radius 2 is 2.26 bits per heavy atom. The largest absolute Gasteiger partial charge is 0.370 e. The van der Waals surface area contributed by atoms with E-state index < -0.39 is 0 Å². The third-order valence-electron chi connectivity index (χ3n) is 4.64. The van der Waals surface area contributed by atoms with Gasteiger partial charge in [0.25, 0.3) is 0 Å². The quantitative estimate of drug-likeness (QED) is 0.902. The molecule has 3 rings (SSSR count). The van der Waals surface area contributed by atoms with Crippen LogP contribution in [-0.2, 0) is 6.42 Å². The van der Waals surface area contributed by atoms with E-state index in [0.29, 0.717) is 12.0 Å². The molecule has 2 unspecified atom stereocenters. The number of piperidine rings is 1. The zero-order chi connectivity index (χ0) is 16.2. The van der Waals surface area contributed by atoms with Gasteiger partial charge in [-0.2, -0.15) is 0 Å². The summed E-state index contributed by atoms with van der Waals surface area (Å²) in [6, 6.07) is 7.03. The van der Waals surface area contributed by atoms with Gasteiger partial charge >= 0.3 is 0 Å². The predicted octanol–water partition coefficient (Wildman–Crippen LogP) is 3.90. The molecule has 3 heterocycles. The van der Waals surface area contributed by atoms with E-state index in [1.165, 1.54) is 24.3 Å². The van der Waals surface area contributed by atoms with Crippen LogP contribution in [0.15, 0.2) is 23.6 Å². The Balaban J connectivity index is 1.72. The summed E-state index contributed by atoms with van der Waals surface area (Å²) in [6.45, 7) is 6.25. The van der Waals surface area contributed by atoms with Gasteiger partial charge in [0.05, 0.1) is 0 Å². The molecular weight excluding hydrogens is 304 g/mol. The average molecular weight is 331 g/mol. The Morgan fingerprint density at radius 1 is 1.39 bits per heavy atom. The number of anilines is 1. The van der Waals surface area contributed by atoms with Crippen LogP contribution < -0.4 is 5.32 Å². The Labute approximate surface area is 143 Å². The van der Waals surface area contributed by atoms with Gasteiger partial charge < -0.3 is 5.32 Å². The SMILES string of the molecule is CCc1cc(NCC2CCCN(C)C2c2cccs2)nc(C)n1. The Hall–Kier alpha value is -1.46. The number of nitrogens with zero attached hydrogens (tertiary/aromatic N) is 3. The predicted molar refractivity (Wildman–Crippen MR) is 97.1 cm³/mol. The lowest BCUT2D eigenvalue weighted by Gasteiger charge is -2.39. The molecule has 0 amide bonds. The van der Waals surface area contributed by atoms with Crippen molar-refractivity contribution in [3.63, 3.8) is 0 Å². The van der Waals surface area contributed by atoms with Crippen LogP contribution in [0.25, 0.3) is 0 Å². The van der Waals surface area contributed by atoms with Gasteiger partial charge in [-0.05, 0) is 57.1 Å². The van der Waals surface area contributed by atoms with Crippen molar-refractivity contribution >= 4 is 17.2 Å². The van der Waals surface area contributed by atoms with Gasteiger partial charge in [-0.1, -0.05) is 13.0 Å². The first-order valence-corrected chi connectivity index (χ1v) is 9.37. The summed E-state index contributed by atoms with van der Waals surface area (Å²) in [6.07, 6.45) is 3.49. The van der Waals surface area contributed by atoms with Crippen LogP contribution in [0.4, 0.5) is 5.82 Å². The number of likely N-dealkylation sites (tertiary alicyclic amines) is 1. The number of aromatic nitrogens is 2. The van der Waals surface area contributed by atoms with E-state index in [-0.39, 0.29) is 0 Å². The van der Waals surface area contributed by atoms with Crippen molar-refractivity contribution in [3.8, 4) is 0 Å². The Kier molecular flexibility index (Phi) is 5.28. The van der Waals surface area contributed by atoms with Crippen molar-refractivity contribution in [2.45, 2.75) is 39.2 Å². The number of hydrogen-bond donors (Lipinski definition) is 1. The highest BCUT2D eigenvalue weighted by molar-refractivity contribution is 7.10. The molecule has 0 aromatic carbocycles. The summed E-state index contributed by atoms with van der Waals surface area (Å²) in [4.78, 5) is 13.0. The number of rotatable bonds is 5. The van der Waals surface area contributed by atoms with Gasteiger partial charge in [-0.15, -0.1) is 11.3 Å². The molecule has 1 N–H and O–H groups in total. The van der Waals surface area contributed by atoms with Gasteiger partial charge in [0.15, 0.2) is 0 Å². The van der Waals surface area contributed by atoms with Gasteiger partial charge in [0.1, 0.15) is 11.6 Å². The van der Waals surface area contributed by atoms with E-state index in [2.05, 4.69) is 57.7 Å². The summed E-state index contributed by atoms with van der Waals surface area (Å²) in [5.74, 6) is 2.43. The number of thiophene rings is 1. The maximum absolute atomic E-state index is 4.54. The topological polar surface area (TPSA) is 41.0 Å². The Morgan fingerprint density at radius 3 is 3.00 bits per heavy atom. The van der Waals surface area contributed by atoms with Crippen molar-refractivity contribution in [3.05, 3.63) is 40.0 Å². The molecule has 2 aromatic heterocycles. The van der Waals surface area contributed by atoms with Crippen LogP contribution in [0.3, 0.4) is 0 Å². The van der Waals surface area contributed by atoms with Crippen LogP contribution in [0.5, 0.6) is 0 Å². The van der Waals surface area contributed by atoms with Gasteiger partial charge in [0, 0.05) is 29.2 Å². The second-order valence-electron chi connectivity index (χ2n) is 6.37. The maximum Gasteiger partial charge on any atom is 0.129 e. The highest BCUT2D eigenvalue weighted by Crippen LogP contribution is 2.37. The normalized spacial score (nSPS) is 22.2. The van der Waals surface area contributed by atoms with Gasteiger partial charge in [-0.3, -0.25) is 4.90 Å². The summed E-state index contributed by atoms with van der Waals surface area (Å²) in [7, 11) is 2.25. The van der Waals surface area contributed by atoms with Crippen molar-refractivity contribution in [1.29, 1.82) is 0 Å². The van der Waals surface area contributed by atoms with Gasteiger partial charge in [-0.25, -0.2) is 9.97 Å². The minimum atomic E-state index is 0.518.